The molecular formula is C12H10BrClO. The van der Waals surface area contributed by atoms with Gasteiger partial charge in [0.15, 0.2) is 5.78 Å². The van der Waals surface area contributed by atoms with Crippen molar-refractivity contribution in [3.05, 3.63) is 33.3 Å². The Morgan fingerprint density at radius 3 is 2.93 bits per heavy atom. The average molecular weight is 286 g/mol. The Kier molecular flexibility index (Phi) is 4.87. The van der Waals surface area contributed by atoms with Gasteiger partial charge in [-0.1, -0.05) is 27.5 Å². The van der Waals surface area contributed by atoms with Gasteiger partial charge >= 0.3 is 0 Å². The maximum absolute atomic E-state index is 11.7. The van der Waals surface area contributed by atoms with Gasteiger partial charge in [-0.15, -0.1) is 11.8 Å². The van der Waals surface area contributed by atoms with Crippen molar-refractivity contribution in [2.24, 2.45) is 0 Å². The van der Waals surface area contributed by atoms with Crippen molar-refractivity contribution in [2.75, 3.05) is 0 Å². The Morgan fingerprint density at radius 1 is 1.53 bits per heavy atom. The van der Waals surface area contributed by atoms with Gasteiger partial charge in [-0.3, -0.25) is 4.79 Å². The number of carbonyl (C=O) groups is 1. The van der Waals surface area contributed by atoms with Gasteiger partial charge in [0.25, 0.3) is 0 Å². The van der Waals surface area contributed by atoms with Crippen molar-refractivity contribution < 1.29 is 4.79 Å². The second-order valence-electron chi connectivity index (χ2n) is 2.97. The highest BCUT2D eigenvalue weighted by atomic mass is 79.9. The van der Waals surface area contributed by atoms with Crippen LogP contribution < -0.4 is 0 Å². The first-order valence-corrected chi connectivity index (χ1v) is 5.70. The number of Topliss-reactive ketones (excluding diaryl/α,β-unsaturated/α-hetero) is 1. The maximum atomic E-state index is 11.7. The van der Waals surface area contributed by atoms with Crippen LogP contribution in [0.25, 0.3) is 0 Å². The zero-order chi connectivity index (χ0) is 11.3. The molecule has 0 radical (unpaired) electrons. The lowest BCUT2D eigenvalue weighted by Gasteiger charge is -2.02. The summed E-state index contributed by atoms with van der Waals surface area (Å²) in [5, 5.41) is 0.493. The number of benzene rings is 1. The van der Waals surface area contributed by atoms with Crippen LogP contribution in [0.1, 0.15) is 30.1 Å². The lowest BCUT2D eigenvalue weighted by atomic mass is 10.1. The molecule has 0 aliphatic heterocycles. The topological polar surface area (TPSA) is 17.1 Å². The lowest BCUT2D eigenvalue weighted by molar-refractivity contribution is 0.0984. The van der Waals surface area contributed by atoms with Gasteiger partial charge in [0.2, 0.25) is 0 Å². The maximum Gasteiger partial charge on any atom is 0.165 e. The third-order valence-corrected chi connectivity index (χ3v) is 2.71. The molecule has 0 heterocycles. The van der Waals surface area contributed by atoms with Crippen LogP contribution in [0.15, 0.2) is 22.7 Å². The van der Waals surface area contributed by atoms with Crippen molar-refractivity contribution in [1.29, 1.82) is 0 Å². The monoisotopic (exact) mass is 284 g/mol. The quantitative estimate of drug-likeness (QED) is 0.604. The summed E-state index contributed by atoms with van der Waals surface area (Å²) in [4.78, 5) is 11.7. The van der Waals surface area contributed by atoms with E-state index in [1.807, 2.05) is 6.07 Å². The molecule has 0 amide bonds. The van der Waals surface area contributed by atoms with Crippen molar-refractivity contribution in [2.45, 2.75) is 19.8 Å². The van der Waals surface area contributed by atoms with Crippen LogP contribution in [0.3, 0.4) is 0 Å². The molecule has 0 fully saturated rings. The van der Waals surface area contributed by atoms with Gasteiger partial charge in [-0.05, 0) is 25.1 Å². The Balaban J connectivity index is 2.80. The van der Waals surface area contributed by atoms with Crippen LogP contribution in [0.2, 0.25) is 5.02 Å². The fourth-order valence-corrected chi connectivity index (χ4v) is 1.73. The molecule has 0 spiro atoms. The minimum atomic E-state index is 0.0315. The van der Waals surface area contributed by atoms with Crippen molar-refractivity contribution >= 4 is 33.3 Å². The number of ketones is 1. The smallest absolute Gasteiger partial charge is 0.165 e. The molecule has 0 aromatic heterocycles. The molecule has 15 heavy (non-hydrogen) atoms. The Morgan fingerprint density at radius 2 is 2.27 bits per heavy atom. The molecule has 0 N–H and O–H groups in total. The number of rotatable bonds is 3. The van der Waals surface area contributed by atoms with E-state index in [9.17, 15) is 4.79 Å². The second kappa shape index (κ2) is 5.95. The van der Waals surface area contributed by atoms with Gasteiger partial charge in [-0.25, -0.2) is 0 Å². The first-order valence-electron chi connectivity index (χ1n) is 4.53. The number of hydrogen-bond acceptors (Lipinski definition) is 1. The molecule has 1 nitrogen and oxygen atoms in total. The van der Waals surface area contributed by atoms with E-state index < -0.39 is 0 Å². The summed E-state index contributed by atoms with van der Waals surface area (Å²) in [6, 6.07) is 5.26. The summed E-state index contributed by atoms with van der Waals surface area (Å²) in [6.45, 7) is 1.76. The molecule has 0 atom stereocenters. The Labute approximate surface area is 103 Å². The molecule has 0 saturated carbocycles. The number of halogens is 2. The summed E-state index contributed by atoms with van der Waals surface area (Å²) in [5.74, 6) is 5.64. The summed E-state index contributed by atoms with van der Waals surface area (Å²) >= 11 is 9.23. The summed E-state index contributed by atoms with van der Waals surface area (Å²) < 4.78 is 0.858. The molecule has 1 aromatic carbocycles. The number of carbonyl (C=O) groups excluding carboxylic acids is 1. The molecule has 0 unspecified atom stereocenters. The van der Waals surface area contributed by atoms with E-state index in [4.69, 9.17) is 11.6 Å². The SMILES string of the molecule is CC#CCCC(=O)c1cc(Br)ccc1Cl. The molecule has 0 aliphatic carbocycles. The summed E-state index contributed by atoms with van der Waals surface area (Å²) in [7, 11) is 0. The van der Waals surface area contributed by atoms with Gasteiger partial charge in [0, 0.05) is 22.9 Å². The predicted octanol–water partition coefficient (Wildman–Crippen LogP) is 4.09. The van der Waals surface area contributed by atoms with E-state index in [1.165, 1.54) is 0 Å². The van der Waals surface area contributed by atoms with Crippen molar-refractivity contribution in [3.63, 3.8) is 0 Å². The molecular weight excluding hydrogens is 275 g/mol. The predicted molar refractivity (Wildman–Crippen MR) is 66.2 cm³/mol. The first kappa shape index (κ1) is 12.3. The van der Waals surface area contributed by atoms with E-state index in [0.717, 1.165) is 4.47 Å². The average Bonchev–Trinajstić information content (AvgIpc) is 2.22. The third-order valence-electron chi connectivity index (χ3n) is 1.88. The van der Waals surface area contributed by atoms with Crippen LogP contribution in [0.5, 0.6) is 0 Å². The highest BCUT2D eigenvalue weighted by Gasteiger charge is 2.09. The Bertz CT molecular complexity index is 429. The number of hydrogen-bond donors (Lipinski definition) is 0. The highest BCUT2D eigenvalue weighted by Crippen LogP contribution is 2.22. The fourth-order valence-electron chi connectivity index (χ4n) is 1.15. The van der Waals surface area contributed by atoms with Crippen molar-refractivity contribution in [3.8, 4) is 11.8 Å². The van der Waals surface area contributed by atoms with Gasteiger partial charge in [0.05, 0.1) is 5.02 Å². The lowest BCUT2D eigenvalue weighted by Crippen LogP contribution is -1.99. The highest BCUT2D eigenvalue weighted by molar-refractivity contribution is 9.10. The fraction of sp³-hybridized carbons (Fsp3) is 0.250. The van der Waals surface area contributed by atoms with E-state index in [2.05, 4.69) is 27.8 Å². The zero-order valence-corrected chi connectivity index (χ0v) is 10.7. The molecule has 0 aliphatic rings. The van der Waals surface area contributed by atoms with E-state index in [-0.39, 0.29) is 5.78 Å². The molecule has 0 bridgehead atoms. The second-order valence-corrected chi connectivity index (χ2v) is 4.30. The molecule has 3 heteroatoms. The zero-order valence-electron chi connectivity index (χ0n) is 8.31. The van der Waals surface area contributed by atoms with E-state index in [0.29, 0.717) is 23.4 Å². The van der Waals surface area contributed by atoms with E-state index >= 15 is 0 Å². The largest absolute Gasteiger partial charge is 0.294 e. The Hall–Kier alpha value is -0.780. The minimum Gasteiger partial charge on any atom is -0.294 e. The first-order chi connectivity index (χ1) is 7.15. The van der Waals surface area contributed by atoms with Gasteiger partial charge in [0.1, 0.15) is 0 Å². The third kappa shape index (κ3) is 3.70. The van der Waals surface area contributed by atoms with Crippen LogP contribution in [-0.4, -0.2) is 5.78 Å². The molecule has 1 aromatic rings. The van der Waals surface area contributed by atoms with Gasteiger partial charge < -0.3 is 0 Å². The van der Waals surface area contributed by atoms with Crippen LogP contribution in [0, 0.1) is 11.8 Å². The molecule has 78 valence electrons. The van der Waals surface area contributed by atoms with Crippen LogP contribution in [0.4, 0.5) is 0 Å². The van der Waals surface area contributed by atoms with Crippen molar-refractivity contribution in [1.82, 2.24) is 0 Å². The van der Waals surface area contributed by atoms with Gasteiger partial charge in [-0.2, -0.15) is 0 Å². The summed E-state index contributed by atoms with van der Waals surface area (Å²) in [5.41, 5.74) is 0.559. The minimum absolute atomic E-state index is 0.0315. The van der Waals surface area contributed by atoms with Crippen LogP contribution in [-0.2, 0) is 0 Å². The summed E-state index contributed by atoms with van der Waals surface area (Å²) in [6.07, 6.45) is 0.995. The molecule has 1 rings (SSSR count). The van der Waals surface area contributed by atoms with Crippen LogP contribution >= 0.6 is 27.5 Å². The molecule has 0 saturated heterocycles. The normalized spacial score (nSPS) is 9.27. The standard InChI is InChI=1S/C12H10BrClO/c1-2-3-4-5-12(15)10-8-9(13)6-7-11(10)14/h6-8H,4-5H2,1H3. The van der Waals surface area contributed by atoms with E-state index in [1.54, 1.807) is 19.1 Å².